The molecule has 1 aromatic carbocycles. The highest BCUT2D eigenvalue weighted by Gasteiger charge is 2.02. The maximum atomic E-state index is 11.4. The zero-order valence-electron chi connectivity index (χ0n) is 10.9. The monoisotopic (exact) mass is 269 g/mol. The summed E-state index contributed by atoms with van der Waals surface area (Å²) in [5.41, 5.74) is 0.742. The number of hydrogen-bond acceptors (Lipinski definition) is 6. The van der Waals surface area contributed by atoms with Crippen LogP contribution in [-0.2, 0) is 19.0 Å². The van der Waals surface area contributed by atoms with Crippen LogP contribution < -0.4 is 5.32 Å². The second kappa shape index (κ2) is 9.18. The number of phenols is 1. The van der Waals surface area contributed by atoms with Crippen molar-refractivity contribution in [3.05, 3.63) is 24.3 Å². The van der Waals surface area contributed by atoms with Crippen molar-refractivity contribution in [2.75, 3.05) is 45.4 Å². The molecular formula is C13H19NO5. The first kappa shape index (κ1) is 15.3. The summed E-state index contributed by atoms with van der Waals surface area (Å²) in [6.07, 6.45) is 0. The van der Waals surface area contributed by atoms with Gasteiger partial charge in [0.1, 0.15) is 18.9 Å². The molecule has 0 aliphatic rings. The van der Waals surface area contributed by atoms with Crippen molar-refractivity contribution in [2.45, 2.75) is 0 Å². The minimum atomic E-state index is -0.358. The Morgan fingerprint density at radius 2 is 1.84 bits per heavy atom. The predicted molar refractivity (Wildman–Crippen MR) is 70.3 cm³/mol. The number of anilines is 1. The van der Waals surface area contributed by atoms with E-state index in [2.05, 4.69) is 5.32 Å². The fourth-order valence-electron chi connectivity index (χ4n) is 1.26. The Balaban J connectivity index is 2.06. The second-order valence-electron chi connectivity index (χ2n) is 3.73. The van der Waals surface area contributed by atoms with Gasteiger partial charge >= 0.3 is 5.97 Å². The number of ether oxygens (including phenoxy) is 3. The maximum absolute atomic E-state index is 11.4. The average Bonchev–Trinajstić information content (AvgIpc) is 2.42. The van der Waals surface area contributed by atoms with Crippen molar-refractivity contribution >= 4 is 11.7 Å². The molecule has 0 amide bonds. The van der Waals surface area contributed by atoms with Crippen LogP contribution in [0.5, 0.6) is 5.75 Å². The van der Waals surface area contributed by atoms with Crippen molar-refractivity contribution in [1.29, 1.82) is 0 Å². The number of aromatic hydroxyl groups is 1. The average molecular weight is 269 g/mol. The number of carbonyl (C=O) groups is 1. The van der Waals surface area contributed by atoms with Gasteiger partial charge in [-0.3, -0.25) is 4.79 Å². The van der Waals surface area contributed by atoms with Crippen LogP contribution in [0.1, 0.15) is 0 Å². The number of esters is 1. The van der Waals surface area contributed by atoms with Crippen LogP contribution >= 0.6 is 0 Å². The van der Waals surface area contributed by atoms with Crippen LogP contribution in [0.25, 0.3) is 0 Å². The van der Waals surface area contributed by atoms with Gasteiger partial charge in [-0.05, 0) is 24.3 Å². The van der Waals surface area contributed by atoms with Crippen molar-refractivity contribution in [3.8, 4) is 5.75 Å². The number of hydrogen-bond donors (Lipinski definition) is 2. The summed E-state index contributed by atoms with van der Waals surface area (Å²) >= 11 is 0. The molecule has 0 unspecified atom stereocenters. The van der Waals surface area contributed by atoms with Crippen molar-refractivity contribution in [3.63, 3.8) is 0 Å². The largest absolute Gasteiger partial charge is 0.508 e. The van der Waals surface area contributed by atoms with Gasteiger partial charge in [-0.25, -0.2) is 0 Å². The SMILES string of the molecule is COCCOCCOC(=O)CNc1ccc(O)cc1. The van der Waals surface area contributed by atoms with Gasteiger partial charge in [0.05, 0.1) is 19.8 Å². The van der Waals surface area contributed by atoms with Gasteiger partial charge in [0.2, 0.25) is 0 Å². The second-order valence-corrected chi connectivity index (χ2v) is 3.73. The molecule has 0 fully saturated rings. The van der Waals surface area contributed by atoms with E-state index in [1.807, 2.05) is 0 Å². The summed E-state index contributed by atoms with van der Waals surface area (Å²) in [4.78, 5) is 11.4. The minimum absolute atomic E-state index is 0.0723. The van der Waals surface area contributed by atoms with Crippen LogP contribution in [0.3, 0.4) is 0 Å². The van der Waals surface area contributed by atoms with Crippen LogP contribution in [0.4, 0.5) is 5.69 Å². The molecule has 6 heteroatoms. The summed E-state index contributed by atoms with van der Waals surface area (Å²) in [6, 6.07) is 6.43. The Labute approximate surface area is 112 Å². The quantitative estimate of drug-likeness (QED) is 0.396. The molecule has 0 saturated heterocycles. The topological polar surface area (TPSA) is 77.0 Å². The lowest BCUT2D eigenvalue weighted by Crippen LogP contribution is -2.19. The zero-order valence-corrected chi connectivity index (χ0v) is 10.9. The van der Waals surface area contributed by atoms with Crippen LogP contribution in [-0.4, -0.2) is 51.2 Å². The molecular weight excluding hydrogens is 250 g/mol. The third-order valence-corrected chi connectivity index (χ3v) is 2.23. The standard InChI is InChI=1S/C13H19NO5/c1-17-6-7-18-8-9-19-13(16)10-14-11-2-4-12(15)5-3-11/h2-5,14-15H,6-10H2,1H3. The first-order chi connectivity index (χ1) is 9.22. The Morgan fingerprint density at radius 3 is 2.53 bits per heavy atom. The lowest BCUT2D eigenvalue weighted by Gasteiger charge is -2.07. The first-order valence-corrected chi connectivity index (χ1v) is 5.97. The number of benzene rings is 1. The molecule has 1 aromatic rings. The highest BCUT2D eigenvalue weighted by atomic mass is 16.6. The van der Waals surface area contributed by atoms with Gasteiger partial charge in [0, 0.05) is 12.8 Å². The molecule has 6 nitrogen and oxygen atoms in total. The number of methoxy groups -OCH3 is 1. The van der Waals surface area contributed by atoms with Crippen LogP contribution in [0.15, 0.2) is 24.3 Å². The summed E-state index contributed by atoms with van der Waals surface area (Å²) in [5, 5.41) is 12.0. The molecule has 0 saturated carbocycles. The maximum Gasteiger partial charge on any atom is 0.325 e. The molecule has 0 bridgehead atoms. The summed E-state index contributed by atoms with van der Waals surface area (Å²) < 4.78 is 14.9. The Hall–Kier alpha value is -1.79. The van der Waals surface area contributed by atoms with Gasteiger partial charge < -0.3 is 24.6 Å². The van der Waals surface area contributed by atoms with Crippen LogP contribution in [0.2, 0.25) is 0 Å². The van der Waals surface area contributed by atoms with E-state index in [9.17, 15) is 4.79 Å². The highest BCUT2D eigenvalue weighted by molar-refractivity contribution is 5.75. The lowest BCUT2D eigenvalue weighted by atomic mass is 10.3. The van der Waals surface area contributed by atoms with Gasteiger partial charge in [0.15, 0.2) is 0 Å². The molecule has 1 rings (SSSR count). The molecule has 0 aliphatic heterocycles. The Kier molecular flexibility index (Phi) is 7.38. The number of nitrogens with one attached hydrogen (secondary N) is 1. The molecule has 0 aliphatic carbocycles. The van der Waals surface area contributed by atoms with E-state index in [4.69, 9.17) is 19.3 Å². The van der Waals surface area contributed by atoms with Crippen molar-refractivity contribution < 1.29 is 24.1 Å². The highest BCUT2D eigenvalue weighted by Crippen LogP contribution is 2.13. The summed E-state index contributed by atoms with van der Waals surface area (Å²) in [5.74, 6) is -0.176. The minimum Gasteiger partial charge on any atom is -0.508 e. The van der Waals surface area contributed by atoms with E-state index in [0.29, 0.717) is 19.8 Å². The van der Waals surface area contributed by atoms with Gasteiger partial charge in [-0.1, -0.05) is 0 Å². The van der Waals surface area contributed by atoms with E-state index in [0.717, 1.165) is 5.69 Å². The summed E-state index contributed by atoms with van der Waals surface area (Å²) in [7, 11) is 1.60. The fraction of sp³-hybridized carbons (Fsp3) is 0.462. The number of phenolic OH excluding ortho intramolecular Hbond substituents is 1. The van der Waals surface area contributed by atoms with Gasteiger partial charge in [-0.15, -0.1) is 0 Å². The molecule has 19 heavy (non-hydrogen) atoms. The smallest absolute Gasteiger partial charge is 0.325 e. The normalized spacial score (nSPS) is 10.2. The van der Waals surface area contributed by atoms with E-state index in [-0.39, 0.29) is 24.9 Å². The zero-order chi connectivity index (χ0) is 13.9. The first-order valence-electron chi connectivity index (χ1n) is 5.97. The summed E-state index contributed by atoms with van der Waals surface area (Å²) in [6.45, 7) is 1.66. The predicted octanol–water partition coefficient (Wildman–Crippen LogP) is 1.01. The van der Waals surface area contributed by atoms with E-state index in [1.54, 1.807) is 19.2 Å². The van der Waals surface area contributed by atoms with Crippen LogP contribution in [0, 0.1) is 0 Å². The van der Waals surface area contributed by atoms with Gasteiger partial charge in [0.25, 0.3) is 0 Å². The fourth-order valence-corrected chi connectivity index (χ4v) is 1.26. The van der Waals surface area contributed by atoms with E-state index in [1.165, 1.54) is 12.1 Å². The molecule has 0 heterocycles. The van der Waals surface area contributed by atoms with E-state index < -0.39 is 0 Å². The molecule has 106 valence electrons. The molecule has 2 N–H and O–H groups in total. The number of carbonyl (C=O) groups excluding carboxylic acids is 1. The third kappa shape index (κ3) is 7.28. The molecule has 0 atom stereocenters. The van der Waals surface area contributed by atoms with Gasteiger partial charge in [-0.2, -0.15) is 0 Å². The number of rotatable bonds is 9. The van der Waals surface area contributed by atoms with E-state index >= 15 is 0 Å². The Morgan fingerprint density at radius 1 is 1.16 bits per heavy atom. The molecule has 0 aromatic heterocycles. The lowest BCUT2D eigenvalue weighted by molar-refractivity contribution is -0.143. The molecule has 0 radical (unpaired) electrons. The van der Waals surface area contributed by atoms with Crippen molar-refractivity contribution in [1.82, 2.24) is 0 Å². The Bertz CT molecular complexity index is 366. The molecule has 0 spiro atoms. The third-order valence-electron chi connectivity index (χ3n) is 2.23. The van der Waals surface area contributed by atoms with Crippen molar-refractivity contribution in [2.24, 2.45) is 0 Å².